The van der Waals surface area contributed by atoms with Gasteiger partial charge in [0, 0.05) is 11.1 Å². The lowest BCUT2D eigenvalue weighted by atomic mass is 10.2. The zero-order chi connectivity index (χ0) is 14.7. The first-order valence-corrected chi connectivity index (χ1v) is 8.24. The second-order valence-corrected chi connectivity index (χ2v) is 7.54. The maximum atomic E-state index is 12.1. The highest BCUT2D eigenvalue weighted by Gasteiger charge is 2.10. The number of benzene rings is 1. The number of nitrogens with one attached hydrogen (secondary N) is 1. The van der Waals surface area contributed by atoms with Crippen LogP contribution in [0.3, 0.4) is 0 Å². The maximum absolute atomic E-state index is 12.1. The van der Waals surface area contributed by atoms with Gasteiger partial charge in [-0.2, -0.15) is 0 Å². The molecule has 0 saturated carbocycles. The van der Waals surface area contributed by atoms with E-state index in [2.05, 4.69) is 27.9 Å². The van der Waals surface area contributed by atoms with Crippen LogP contribution in [0, 0.1) is 9.81 Å². The Morgan fingerprint density at radius 2 is 2.10 bits per heavy atom. The number of thiophene rings is 1. The van der Waals surface area contributed by atoms with E-state index in [1.165, 1.54) is 0 Å². The van der Waals surface area contributed by atoms with Crippen molar-refractivity contribution in [2.45, 2.75) is 26.9 Å². The van der Waals surface area contributed by atoms with E-state index < -0.39 is 0 Å². The van der Waals surface area contributed by atoms with Gasteiger partial charge < -0.3 is 10.1 Å². The van der Waals surface area contributed by atoms with Crippen molar-refractivity contribution >= 4 is 45.5 Å². The van der Waals surface area contributed by atoms with E-state index in [0.717, 1.165) is 19.9 Å². The van der Waals surface area contributed by atoms with Gasteiger partial charge in [0.25, 0.3) is 5.91 Å². The van der Waals surface area contributed by atoms with Gasteiger partial charge in [-0.05, 0) is 73.2 Å². The van der Waals surface area contributed by atoms with Crippen LogP contribution < -0.4 is 10.1 Å². The first-order chi connectivity index (χ1) is 9.45. The van der Waals surface area contributed by atoms with Gasteiger partial charge in [-0.3, -0.25) is 4.79 Å². The Hall–Kier alpha value is -1.08. The minimum absolute atomic E-state index is 0.0789. The van der Waals surface area contributed by atoms with Gasteiger partial charge >= 0.3 is 0 Å². The molecule has 0 atom stereocenters. The summed E-state index contributed by atoms with van der Waals surface area (Å²) in [5.41, 5.74) is 2.50. The lowest BCUT2D eigenvalue weighted by Gasteiger charge is -2.13. The predicted octanol–water partition coefficient (Wildman–Crippen LogP) is 4.70. The van der Waals surface area contributed by atoms with E-state index in [1.807, 2.05) is 50.4 Å². The van der Waals surface area contributed by atoms with Crippen molar-refractivity contribution < 1.29 is 9.53 Å². The van der Waals surface area contributed by atoms with E-state index in [9.17, 15) is 4.79 Å². The van der Waals surface area contributed by atoms with Crippen molar-refractivity contribution in [3.05, 3.63) is 43.7 Å². The van der Waals surface area contributed by atoms with Gasteiger partial charge in [-0.1, -0.05) is 0 Å². The van der Waals surface area contributed by atoms with Gasteiger partial charge in [0.2, 0.25) is 0 Å². The summed E-state index contributed by atoms with van der Waals surface area (Å²) >= 11 is 3.77. The smallest absolute Gasteiger partial charge is 0.256 e. The fourth-order valence-electron chi connectivity index (χ4n) is 1.75. The Balaban J connectivity index is 2.11. The summed E-state index contributed by atoms with van der Waals surface area (Å²) in [6, 6.07) is 7.57. The minimum atomic E-state index is -0.0789. The average Bonchev–Trinajstić information content (AvgIpc) is 2.78. The molecule has 5 heteroatoms. The van der Waals surface area contributed by atoms with Crippen LogP contribution in [0.25, 0.3) is 0 Å². The predicted molar refractivity (Wildman–Crippen MR) is 91.9 cm³/mol. The van der Waals surface area contributed by atoms with Crippen molar-refractivity contribution in [1.29, 1.82) is 0 Å². The monoisotopic (exact) mass is 401 g/mol. The largest absolute Gasteiger partial charge is 0.491 e. The molecule has 0 spiro atoms. The summed E-state index contributed by atoms with van der Waals surface area (Å²) < 4.78 is 6.73. The van der Waals surface area contributed by atoms with Gasteiger partial charge in [0.15, 0.2) is 0 Å². The number of halogens is 1. The lowest BCUT2D eigenvalue weighted by Crippen LogP contribution is -2.12. The van der Waals surface area contributed by atoms with Crippen molar-refractivity contribution in [3.8, 4) is 5.75 Å². The first-order valence-electron chi connectivity index (χ1n) is 6.28. The van der Waals surface area contributed by atoms with Crippen molar-refractivity contribution in [2.75, 3.05) is 5.32 Å². The SMILES string of the molecule is Cc1cc(OC(C)C)ccc1NC(=O)c1csc(I)c1. The number of hydrogen-bond donors (Lipinski definition) is 1. The summed E-state index contributed by atoms with van der Waals surface area (Å²) in [6.07, 6.45) is 0.141. The van der Waals surface area contributed by atoms with Crippen LogP contribution >= 0.6 is 33.9 Å². The molecule has 0 bridgehead atoms. The Bertz CT molecular complexity index is 622. The normalized spacial score (nSPS) is 10.7. The van der Waals surface area contributed by atoms with Crippen LogP contribution in [0.5, 0.6) is 5.75 Å². The Labute approximate surface area is 136 Å². The van der Waals surface area contributed by atoms with Crippen LogP contribution in [0.15, 0.2) is 29.6 Å². The van der Waals surface area contributed by atoms with Crippen LogP contribution in [-0.4, -0.2) is 12.0 Å². The van der Waals surface area contributed by atoms with E-state index in [1.54, 1.807) is 11.3 Å². The number of ether oxygens (including phenoxy) is 1. The molecule has 1 amide bonds. The third-order valence-electron chi connectivity index (χ3n) is 2.65. The quantitative estimate of drug-likeness (QED) is 0.755. The zero-order valence-electron chi connectivity index (χ0n) is 11.6. The Kier molecular flexibility index (Phi) is 5.04. The summed E-state index contributed by atoms with van der Waals surface area (Å²) in [5, 5.41) is 4.79. The third-order valence-corrected chi connectivity index (χ3v) is 4.44. The molecule has 20 heavy (non-hydrogen) atoms. The minimum Gasteiger partial charge on any atom is -0.491 e. The zero-order valence-corrected chi connectivity index (χ0v) is 14.5. The Morgan fingerprint density at radius 3 is 2.65 bits per heavy atom. The summed E-state index contributed by atoms with van der Waals surface area (Å²) in [7, 11) is 0. The molecule has 3 nitrogen and oxygen atoms in total. The lowest BCUT2D eigenvalue weighted by molar-refractivity contribution is 0.102. The number of carbonyl (C=O) groups excluding carboxylic acids is 1. The molecule has 1 aromatic carbocycles. The molecule has 0 aliphatic heterocycles. The van der Waals surface area contributed by atoms with Crippen molar-refractivity contribution in [1.82, 2.24) is 0 Å². The van der Waals surface area contributed by atoms with Crippen LogP contribution in [0.1, 0.15) is 29.8 Å². The highest BCUT2D eigenvalue weighted by molar-refractivity contribution is 14.1. The standard InChI is InChI=1S/C15H16INO2S/c1-9(2)19-12-4-5-13(10(3)6-12)17-15(18)11-7-14(16)20-8-11/h4-9H,1-3H3,(H,17,18). The Morgan fingerprint density at radius 1 is 1.35 bits per heavy atom. The van der Waals surface area contributed by atoms with Gasteiger partial charge in [0.05, 0.1) is 14.6 Å². The highest BCUT2D eigenvalue weighted by atomic mass is 127. The van der Waals surface area contributed by atoms with E-state index in [0.29, 0.717) is 5.56 Å². The molecule has 106 valence electrons. The molecule has 0 fully saturated rings. The molecule has 2 aromatic rings. The van der Waals surface area contributed by atoms with Gasteiger partial charge in [-0.15, -0.1) is 11.3 Å². The average molecular weight is 401 g/mol. The second kappa shape index (κ2) is 6.58. The second-order valence-electron chi connectivity index (χ2n) is 4.74. The number of hydrogen-bond acceptors (Lipinski definition) is 3. The third kappa shape index (κ3) is 3.96. The molecule has 0 radical (unpaired) electrons. The number of rotatable bonds is 4. The van der Waals surface area contributed by atoms with Crippen LogP contribution in [0.4, 0.5) is 5.69 Å². The molecule has 0 unspecified atom stereocenters. The molecule has 0 saturated heterocycles. The molecule has 1 aromatic heterocycles. The number of carbonyl (C=O) groups is 1. The van der Waals surface area contributed by atoms with Crippen molar-refractivity contribution in [3.63, 3.8) is 0 Å². The summed E-state index contributed by atoms with van der Waals surface area (Å²) in [5.74, 6) is 0.741. The summed E-state index contributed by atoms with van der Waals surface area (Å²) in [6.45, 7) is 5.94. The van der Waals surface area contributed by atoms with E-state index in [-0.39, 0.29) is 12.0 Å². The molecule has 0 aliphatic rings. The fraction of sp³-hybridized carbons (Fsp3) is 0.267. The first kappa shape index (κ1) is 15.3. The topological polar surface area (TPSA) is 38.3 Å². The van der Waals surface area contributed by atoms with Crippen LogP contribution in [-0.2, 0) is 0 Å². The molecule has 1 heterocycles. The number of aryl methyl sites for hydroxylation is 1. The summed E-state index contributed by atoms with van der Waals surface area (Å²) in [4.78, 5) is 12.1. The maximum Gasteiger partial charge on any atom is 0.256 e. The van der Waals surface area contributed by atoms with Gasteiger partial charge in [0.1, 0.15) is 5.75 Å². The van der Waals surface area contributed by atoms with E-state index in [4.69, 9.17) is 4.74 Å². The number of amides is 1. The molecular weight excluding hydrogens is 385 g/mol. The molecule has 2 rings (SSSR count). The molecule has 1 N–H and O–H groups in total. The number of anilines is 1. The fourth-order valence-corrected chi connectivity index (χ4v) is 3.07. The van der Waals surface area contributed by atoms with Crippen molar-refractivity contribution in [2.24, 2.45) is 0 Å². The molecule has 0 aliphatic carbocycles. The van der Waals surface area contributed by atoms with Gasteiger partial charge in [-0.25, -0.2) is 0 Å². The van der Waals surface area contributed by atoms with E-state index >= 15 is 0 Å². The highest BCUT2D eigenvalue weighted by Crippen LogP contribution is 2.23. The molecular formula is C15H16INO2S. The van der Waals surface area contributed by atoms with Crippen LogP contribution in [0.2, 0.25) is 0 Å².